The first-order valence-electron chi connectivity index (χ1n) is 4.40. The molecule has 0 fully saturated rings. The molecule has 0 bridgehead atoms. The van der Waals surface area contributed by atoms with Crippen LogP contribution >= 0.6 is 0 Å². The van der Waals surface area contributed by atoms with Crippen molar-refractivity contribution in [2.75, 3.05) is 0 Å². The minimum Gasteiger partial charge on any atom is -0.382 e. The Bertz CT molecular complexity index is 325. The molecule has 1 aromatic carbocycles. The molecule has 0 amide bonds. The van der Waals surface area contributed by atoms with Crippen LogP contribution in [0.25, 0.3) is 0 Å². The second-order valence-electron chi connectivity index (χ2n) is 3.43. The van der Waals surface area contributed by atoms with Crippen molar-refractivity contribution in [3.05, 3.63) is 48.6 Å². The van der Waals surface area contributed by atoms with Crippen molar-refractivity contribution in [1.82, 2.24) is 0 Å². The third kappa shape index (κ3) is 2.54. The zero-order valence-corrected chi connectivity index (χ0v) is 8.16. The fraction of sp³-hybridized carbons (Fsp3) is 0.250. The van der Waals surface area contributed by atoms with Crippen LogP contribution in [0.5, 0.6) is 0 Å². The highest BCUT2D eigenvalue weighted by Crippen LogP contribution is 2.14. The van der Waals surface area contributed by atoms with E-state index in [1.807, 2.05) is 12.1 Å². The molecule has 0 saturated carbocycles. The second-order valence-corrected chi connectivity index (χ2v) is 3.43. The van der Waals surface area contributed by atoms with E-state index in [-0.39, 0.29) is 5.78 Å². The maximum atomic E-state index is 11.3. The first-order chi connectivity index (χ1) is 6.56. The molecule has 0 aliphatic heterocycles. The Morgan fingerprint density at radius 3 is 2.71 bits per heavy atom. The van der Waals surface area contributed by atoms with Gasteiger partial charge in [0.15, 0.2) is 5.78 Å². The molecular weight excluding hydrogens is 176 g/mol. The lowest BCUT2D eigenvalue weighted by Crippen LogP contribution is -2.36. The molecule has 73 valence electrons. The Labute approximate surface area is 83.9 Å². The number of carbonyl (C=O) groups excluding carboxylic acids is 1. The van der Waals surface area contributed by atoms with E-state index < -0.39 is 5.60 Å². The molecule has 1 rings (SSSR count). The minimum atomic E-state index is -1.36. The number of ketones is 1. The third-order valence-corrected chi connectivity index (χ3v) is 2.05. The largest absolute Gasteiger partial charge is 0.382 e. The minimum absolute atomic E-state index is 0.298. The fourth-order valence-corrected chi connectivity index (χ4v) is 1.24. The molecule has 0 heterocycles. The highest BCUT2D eigenvalue weighted by Gasteiger charge is 2.27. The Morgan fingerprint density at radius 2 is 2.21 bits per heavy atom. The number of benzene rings is 1. The molecule has 0 aliphatic rings. The van der Waals surface area contributed by atoms with Crippen LogP contribution in [0.4, 0.5) is 0 Å². The summed E-state index contributed by atoms with van der Waals surface area (Å²) in [5, 5.41) is 9.81. The van der Waals surface area contributed by atoms with Crippen LogP contribution in [0.2, 0.25) is 0 Å². The summed E-state index contributed by atoms with van der Waals surface area (Å²) in [6, 6.07) is 10.0. The standard InChI is InChI=1S/C12H13O2/c1-3-11(13)12(2,14)9-10-7-5-4-6-8-10/h3,5-8,14H,1,9H2,2H3. The van der Waals surface area contributed by atoms with Gasteiger partial charge >= 0.3 is 0 Å². The topological polar surface area (TPSA) is 37.3 Å². The summed E-state index contributed by atoms with van der Waals surface area (Å²) < 4.78 is 0. The lowest BCUT2D eigenvalue weighted by molar-refractivity contribution is -0.130. The highest BCUT2D eigenvalue weighted by atomic mass is 16.3. The molecule has 1 aromatic rings. The summed E-state index contributed by atoms with van der Waals surface area (Å²) in [6.07, 6.45) is 1.45. The van der Waals surface area contributed by atoms with E-state index >= 15 is 0 Å². The van der Waals surface area contributed by atoms with Gasteiger partial charge in [0.1, 0.15) is 5.60 Å². The van der Waals surface area contributed by atoms with Crippen LogP contribution in [-0.4, -0.2) is 16.5 Å². The summed E-state index contributed by atoms with van der Waals surface area (Å²) >= 11 is 0. The predicted octanol–water partition coefficient (Wildman–Crippen LogP) is 1.54. The van der Waals surface area contributed by atoms with Gasteiger partial charge in [0.25, 0.3) is 0 Å². The van der Waals surface area contributed by atoms with Crippen LogP contribution in [-0.2, 0) is 11.2 Å². The summed E-state index contributed by atoms with van der Waals surface area (Å²) in [7, 11) is 0. The smallest absolute Gasteiger partial charge is 0.186 e. The fourth-order valence-electron chi connectivity index (χ4n) is 1.24. The summed E-state index contributed by atoms with van der Waals surface area (Å²) in [5.41, 5.74) is -0.452. The molecule has 14 heavy (non-hydrogen) atoms. The third-order valence-electron chi connectivity index (χ3n) is 2.05. The predicted molar refractivity (Wildman–Crippen MR) is 54.8 cm³/mol. The second kappa shape index (κ2) is 4.20. The van der Waals surface area contributed by atoms with Gasteiger partial charge in [0, 0.05) is 6.42 Å². The first kappa shape index (κ1) is 10.7. The van der Waals surface area contributed by atoms with Crippen molar-refractivity contribution in [3.63, 3.8) is 0 Å². The highest BCUT2D eigenvalue weighted by molar-refractivity contribution is 5.96. The van der Waals surface area contributed by atoms with Crippen molar-refractivity contribution in [2.24, 2.45) is 0 Å². The van der Waals surface area contributed by atoms with E-state index in [1.54, 1.807) is 12.1 Å². The van der Waals surface area contributed by atoms with Crippen LogP contribution in [0, 0.1) is 6.07 Å². The van der Waals surface area contributed by atoms with E-state index in [0.717, 1.165) is 11.6 Å². The van der Waals surface area contributed by atoms with Crippen molar-refractivity contribution >= 4 is 5.78 Å². The van der Waals surface area contributed by atoms with Crippen molar-refractivity contribution < 1.29 is 9.90 Å². The van der Waals surface area contributed by atoms with E-state index in [9.17, 15) is 9.90 Å². The van der Waals surface area contributed by atoms with Gasteiger partial charge in [-0.05, 0) is 24.6 Å². The van der Waals surface area contributed by atoms with E-state index in [2.05, 4.69) is 12.6 Å². The molecule has 2 nitrogen and oxygen atoms in total. The van der Waals surface area contributed by atoms with Crippen molar-refractivity contribution in [1.29, 1.82) is 0 Å². The average Bonchev–Trinajstić information content (AvgIpc) is 2.17. The van der Waals surface area contributed by atoms with E-state index in [4.69, 9.17) is 0 Å². The van der Waals surface area contributed by atoms with Crippen LogP contribution in [0.3, 0.4) is 0 Å². The monoisotopic (exact) mass is 189 g/mol. The SMILES string of the molecule is C=CC(=O)C(C)(O)Cc1cc[c]cc1. The van der Waals surface area contributed by atoms with Gasteiger partial charge in [-0.15, -0.1) is 0 Å². The van der Waals surface area contributed by atoms with Gasteiger partial charge in [-0.1, -0.05) is 30.8 Å². The number of carbonyl (C=O) groups is 1. The molecular formula is C12H13O2. The molecule has 2 heteroatoms. The first-order valence-corrected chi connectivity index (χ1v) is 4.40. The quantitative estimate of drug-likeness (QED) is 0.729. The normalized spacial score (nSPS) is 14.4. The number of rotatable bonds is 4. The maximum absolute atomic E-state index is 11.3. The van der Waals surface area contributed by atoms with Gasteiger partial charge < -0.3 is 5.11 Å². The summed E-state index contributed by atoms with van der Waals surface area (Å²) in [6.45, 7) is 4.85. The van der Waals surface area contributed by atoms with Gasteiger partial charge in [-0.2, -0.15) is 0 Å². The summed E-state index contributed by atoms with van der Waals surface area (Å²) in [5.74, 6) is -0.356. The lowest BCUT2D eigenvalue weighted by atomic mass is 9.92. The lowest BCUT2D eigenvalue weighted by Gasteiger charge is -2.19. The number of hydrogen-bond acceptors (Lipinski definition) is 2. The Balaban J connectivity index is 2.78. The number of aliphatic hydroxyl groups is 1. The molecule has 1 radical (unpaired) electrons. The summed E-state index contributed by atoms with van der Waals surface area (Å²) in [4.78, 5) is 11.3. The van der Waals surface area contributed by atoms with Gasteiger partial charge in [0.2, 0.25) is 0 Å². The Hall–Kier alpha value is -1.41. The molecule has 1 unspecified atom stereocenters. The van der Waals surface area contributed by atoms with Crippen molar-refractivity contribution in [3.8, 4) is 0 Å². The zero-order valence-electron chi connectivity index (χ0n) is 8.16. The number of hydrogen-bond donors (Lipinski definition) is 1. The van der Waals surface area contributed by atoms with Gasteiger partial charge in [-0.25, -0.2) is 0 Å². The Morgan fingerprint density at radius 1 is 1.64 bits per heavy atom. The van der Waals surface area contributed by atoms with Crippen molar-refractivity contribution in [2.45, 2.75) is 18.9 Å². The zero-order chi connectivity index (χ0) is 10.6. The molecule has 0 saturated heterocycles. The molecule has 0 aromatic heterocycles. The van der Waals surface area contributed by atoms with Gasteiger partial charge in [0.05, 0.1) is 0 Å². The van der Waals surface area contributed by atoms with Crippen LogP contribution in [0.15, 0.2) is 36.9 Å². The van der Waals surface area contributed by atoms with Crippen LogP contribution < -0.4 is 0 Å². The molecule has 0 spiro atoms. The average molecular weight is 189 g/mol. The Kier molecular flexibility index (Phi) is 3.20. The van der Waals surface area contributed by atoms with Gasteiger partial charge in [-0.3, -0.25) is 4.79 Å². The molecule has 1 N–H and O–H groups in total. The van der Waals surface area contributed by atoms with Crippen LogP contribution in [0.1, 0.15) is 12.5 Å². The maximum Gasteiger partial charge on any atom is 0.186 e. The van der Waals surface area contributed by atoms with E-state index in [0.29, 0.717) is 6.42 Å². The molecule has 1 atom stereocenters. The van der Waals surface area contributed by atoms with E-state index in [1.165, 1.54) is 6.92 Å². The molecule has 0 aliphatic carbocycles.